The SMILES string of the molecule is CCCCCCCCCCC/C=C\C/C=C\CCCCCCCCCCCCCCCCCCCC(=O)NC(CO)C(O)C(O)CCCCCCCCCCCCCCCCCCCC. The van der Waals surface area contributed by atoms with Crippen LogP contribution in [0.3, 0.4) is 0 Å². The lowest BCUT2D eigenvalue weighted by Crippen LogP contribution is -2.50. The van der Waals surface area contributed by atoms with Gasteiger partial charge in [-0.05, 0) is 44.9 Å². The molecule has 0 fully saturated rings. The minimum Gasteiger partial charge on any atom is -0.394 e. The molecule has 0 aromatic rings. The Balaban J connectivity index is 3.49. The van der Waals surface area contributed by atoms with E-state index < -0.39 is 18.2 Å². The van der Waals surface area contributed by atoms with E-state index in [0.717, 1.165) is 38.5 Å². The number of unbranched alkanes of at least 4 members (excludes halogenated alkanes) is 43. The first-order valence-corrected chi connectivity index (χ1v) is 29.6. The van der Waals surface area contributed by atoms with Crippen molar-refractivity contribution in [1.29, 1.82) is 0 Å². The quantitative estimate of drug-likeness (QED) is 0.0361. The summed E-state index contributed by atoms with van der Waals surface area (Å²) in [6.07, 6.45) is 70.6. The van der Waals surface area contributed by atoms with Crippen molar-refractivity contribution >= 4 is 5.91 Å². The molecule has 0 radical (unpaired) electrons. The molecule has 0 spiro atoms. The summed E-state index contributed by atoms with van der Waals surface area (Å²) >= 11 is 0. The van der Waals surface area contributed by atoms with Crippen molar-refractivity contribution < 1.29 is 20.1 Å². The average Bonchev–Trinajstić information content (AvgIpc) is 3.31. The van der Waals surface area contributed by atoms with Gasteiger partial charge in [-0.1, -0.05) is 301 Å². The van der Waals surface area contributed by atoms with Crippen molar-refractivity contribution in [3.63, 3.8) is 0 Å². The van der Waals surface area contributed by atoms with Crippen molar-refractivity contribution in [3.8, 4) is 0 Å². The number of aliphatic hydroxyl groups excluding tert-OH is 3. The van der Waals surface area contributed by atoms with Crippen molar-refractivity contribution in [1.82, 2.24) is 5.32 Å². The van der Waals surface area contributed by atoms with Crippen LogP contribution in [-0.4, -0.2) is 46.1 Å². The molecule has 0 aliphatic carbocycles. The molecule has 5 heteroatoms. The molecule has 4 N–H and O–H groups in total. The highest BCUT2D eigenvalue weighted by atomic mass is 16.3. The van der Waals surface area contributed by atoms with Gasteiger partial charge in [-0.2, -0.15) is 0 Å². The van der Waals surface area contributed by atoms with Gasteiger partial charge in [-0.25, -0.2) is 0 Å². The maximum absolute atomic E-state index is 12.5. The molecule has 65 heavy (non-hydrogen) atoms. The number of hydrogen-bond donors (Lipinski definition) is 4. The third-order valence-electron chi connectivity index (χ3n) is 14.1. The topological polar surface area (TPSA) is 89.8 Å². The van der Waals surface area contributed by atoms with Crippen LogP contribution < -0.4 is 5.32 Å². The minimum absolute atomic E-state index is 0.139. The van der Waals surface area contributed by atoms with Crippen LogP contribution in [0.25, 0.3) is 0 Å². The molecule has 1 amide bonds. The first kappa shape index (κ1) is 63.8. The van der Waals surface area contributed by atoms with Gasteiger partial charge in [0.05, 0.1) is 18.8 Å². The highest BCUT2D eigenvalue weighted by Gasteiger charge is 2.26. The van der Waals surface area contributed by atoms with Crippen LogP contribution in [0.1, 0.15) is 328 Å². The van der Waals surface area contributed by atoms with E-state index in [1.54, 1.807) is 0 Å². The van der Waals surface area contributed by atoms with Gasteiger partial charge in [0.2, 0.25) is 5.91 Å². The molecule has 0 saturated carbocycles. The number of carbonyl (C=O) groups excluding carboxylic acids is 1. The average molecular weight is 917 g/mol. The molecule has 0 bridgehead atoms. The number of allylic oxidation sites excluding steroid dienone is 4. The molecule has 0 saturated heterocycles. The fraction of sp³-hybridized carbons (Fsp3) is 0.917. The monoisotopic (exact) mass is 916 g/mol. The summed E-state index contributed by atoms with van der Waals surface area (Å²) in [5.41, 5.74) is 0. The Hall–Kier alpha value is -1.17. The van der Waals surface area contributed by atoms with E-state index in [1.165, 1.54) is 263 Å². The van der Waals surface area contributed by atoms with Gasteiger partial charge in [0.15, 0.2) is 0 Å². The standard InChI is InChI=1S/C60H117NO4/c1-3-5-7-9-11-13-15-17-19-21-23-24-25-26-27-28-29-30-31-32-33-34-35-36-37-39-41-43-45-47-49-51-53-55-59(64)61-57(56-62)60(65)58(63)54-52-50-48-46-44-42-40-38-22-20-18-16-14-12-10-8-6-4-2/h23-24,26-27,57-58,60,62-63,65H,3-22,25,28-56H2,1-2H3,(H,61,64)/b24-23-,27-26-. The number of rotatable bonds is 55. The molecule has 0 aliphatic heterocycles. The zero-order valence-electron chi connectivity index (χ0n) is 44.1. The second-order valence-electron chi connectivity index (χ2n) is 20.6. The van der Waals surface area contributed by atoms with Gasteiger partial charge in [-0.15, -0.1) is 0 Å². The van der Waals surface area contributed by atoms with E-state index in [-0.39, 0.29) is 12.5 Å². The zero-order valence-corrected chi connectivity index (χ0v) is 44.1. The molecular formula is C60H117NO4. The second kappa shape index (κ2) is 55.4. The molecule has 5 nitrogen and oxygen atoms in total. The predicted octanol–water partition coefficient (Wildman–Crippen LogP) is 18.5. The largest absolute Gasteiger partial charge is 0.394 e. The summed E-state index contributed by atoms with van der Waals surface area (Å²) in [6, 6.07) is -0.808. The fourth-order valence-electron chi connectivity index (χ4n) is 9.49. The number of aliphatic hydroxyl groups is 3. The Kier molecular flexibility index (Phi) is 54.4. The second-order valence-corrected chi connectivity index (χ2v) is 20.6. The molecular weight excluding hydrogens is 799 g/mol. The van der Waals surface area contributed by atoms with Gasteiger partial charge in [0.25, 0.3) is 0 Å². The van der Waals surface area contributed by atoms with Crippen molar-refractivity contribution in [2.45, 2.75) is 347 Å². The summed E-state index contributed by atoms with van der Waals surface area (Å²) in [5.74, 6) is -0.139. The smallest absolute Gasteiger partial charge is 0.220 e. The van der Waals surface area contributed by atoms with Crippen LogP contribution in [0, 0.1) is 0 Å². The lowest BCUT2D eigenvalue weighted by molar-refractivity contribution is -0.124. The number of nitrogens with one attached hydrogen (secondary N) is 1. The summed E-state index contributed by atoms with van der Waals surface area (Å²) in [4.78, 5) is 12.5. The van der Waals surface area contributed by atoms with Crippen LogP contribution >= 0.6 is 0 Å². The molecule has 0 aromatic heterocycles. The minimum atomic E-state index is -1.13. The Morgan fingerprint density at radius 2 is 0.662 bits per heavy atom. The molecule has 0 aliphatic rings. The molecule has 3 unspecified atom stereocenters. The van der Waals surface area contributed by atoms with Gasteiger partial charge in [0, 0.05) is 6.42 Å². The Morgan fingerprint density at radius 3 is 0.969 bits per heavy atom. The highest BCUT2D eigenvalue weighted by Crippen LogP contribution is 2.18. The molecule has 0 heterocycles. The van der Waals surface area contributed by atoms with Crippen molar-refractivity contribution in [2.24, 2.45) is 0 Å². The first-order valence-electron chi connectivity index (χ1n) is 29.6. The summed E-state index contributed by atoms with van der Waals surface area (Å²) < 4.78 is 0. The third kappa shape index (κ3) is 50.5. The van der Waals surface area contributed by atoms with E-state index in [2.05, 4.69) is 43.5 Å². The lowest BCUT2D eigenvalue weighted by atomic mass is 9.99. The number of hydrogen-bond acceptors (Lipinski definition) is 4. The summed E-state index contributed by atoms with van der Waals surface area (Å²) in [6.45, 7) is 4.21. The van der Waals surface area contributed by atoms with Gasteiger partial charge >= 0.3 is 0 Å². The lowest BCUT2D eigenvalue weighted by Gasteiger charge is -2.26. The van der Waals surface area contributed by atoms with Crippen LogP contribution in [0.2, 0.25) is 0 Å². The van der Waals surface area contributed by atoms with E-state index in [4.69, 9.17) is 0 Å². The Bertz CT molecular complexity index is 967. The molecule has 3 atom stereocenters. The van der Waals surface area contributed by atoms with E-state index in [9.17, 15) is 20.1 Å². The summed E-state index contributed by atoms with van der Waals surface area (Å²) in [5, 5.41) is 33.8. The first-order chi connectivity index (χ1) is 32.1. The Labute approximate surface area is 407 Å². The van der Waals surface area contributed by atoms with E-state index in [0.29, 0.717) is 12.8 Å². The summed E-state index contributed by atoms with van der Waals surface area (Å²) in [7, 11) is 0. The van der Waals surface area contributed by atoms with Crippen molar-refractivity contribution in [3.05, 3.63) is 24.3 Å². The Morgan fingerprint density at radius 1 is 0.385 bits per heavy atom. The normalized spacial score (nSPS) is 13.4. The third-order valence-corrected chi connectivity index (χ3v) is 14.1. The van der Waals surface area contributed by atoms with E-state index >= 15 is 0 Å². The molecule has 386 valence electrons. The van der Waals surface area contributed by atoms with Crippen LogP contribution in [0.4, 0.5) is 0 Å². The fourth-order valence-corrected chi connectivity index (χ4v) is 9.49. The molecule has 0 rings (SSSR count). The number of amides is 1. The van der Waals surface area contributed by atoms with Gasteiger partial charge in [0.1, 0.15) is 6.10 Å². The highest BCUT2D eigenvalue weighted by molar-refractivity contribution is 5.76. The zero-order chi connectivity index (χ0) is 47.2. The van der Waals surface area contributed by atoms with Gasteiger partial charge < -0.3 is 20.6 Å². The van der Waals surface area contributed by atoms with Crippen molar-refractivity contribution in [2.75, 3.05) is 6.61 Å². The maximum atomic E-state index is 12.5. The van der Waals surface area contributed by atoms with E-state index in [1.807, 2.05) is 0 Å². The van der Waals surface area contributed by atoms with Gasteiger partial charge in [-0.3, -0.25) is 4.79 Å². The number of carbonyl (C=O) groups is 1. The van der Waals surface area contributed by atoms with Crippen LogP contribution in [0.15, 0.2) is 24.3 Å². The van der Waals surface area contributed by atoms with Crippen LogP contribution in [0.5, 0.6) is 0 Å². The molecule has 0 aromatic carbocycles. The maximum Gasteiger partial charge on any atom is 0.220 e. The van der Waals surface area contributed by atoms with Crippen LogP contribution in [-0.2, 0) is 4.79 Å². The predicted molar refractivity (Wildman–Crippen MR) is 287 cm³/mol.